The van der Waals surface area contributed by atoms with Gasteiger partial charge < -0.3 is 10.1 Å². The van der Waals surface area contributed by atoms with Crippen LogP contribution in [0.5, 0.6) is 0 Å². The molecule has 1 amide bonds. The van der Waals surface area contributed by atoms with Crippen molar-refractivity contribution in [2.24, 2.45) is 0 Å². The van der Waals surface area contributed by atoms with Gasteiger partial charge in [-0.2, -0.15) is 0 Å². The molecule has 0 aliphatic carbocycles. The van der Waals surface area contributed by atoms with E-state index in [0.717, 1.165) is 15.1 Å². The number of fused-ring (bicyclic) bond motifs is 1. The van der Waals surface area contributed by atoms with Crippen molar-refractivity contribution < 1.29 is 9.53 Å². The molecule has 7 heteroatoms. The number of thiophene rings is 1. The second-order valence-corrected chi connectivity index (χ2v) is 7.34. The molecule has 0 bridgehead atoms. The van der Waals surface area contributed by atoms with Gasteiger partial charge in [0.2, 0.25) is 0 Å². The highest BCUT2D eigenvalue weighted by Gasteiger charge is 2.17. The SMILES string of the molecule is CO[C@@H](CNC(=O)c1nc2ccccc2s1)c1ccc(Cl)s1. The Morgan fingerprint density at radius 3 is 2.82 bits per heavy atom. The first kappa shape index (κ1) is 15.4. The maximum atomic E-state index is 12.2. The summed E-state index contributed by atoms with van der Waals surface area (Å²) in [5.74, 6) is -0.189. The van der Waals surface area contributed by atoms with Crippen molar-refractivity contribution in [2.45, 2.75) is 6.10 Å². The van der Waals surface area contributed by atoms with Crippen molar-refractivity contribution in [1.29, 1.82) is 0 Å². The van der Waals surface area contributed by atoms with Crippen molar-refractivity contribution in [3.05, 3.63) is 50.6 Å². The Bertz CT molecular complexity index is 767. The van der Waals surface area contributed by atoms with Gasteiger partial charge in [0, 0.05) is 18.5 Å². The van der Waals surface area contributed by atoms with Crippen LogP contribution in [0.3, 0.4) is 0 Å². The maximum Gasteiger partial charge on any atom is 0.280 e. The van der Waals surface area contributed by atoms with Gasteiger partial charge in [0.15, 0.2) is 5.01 Å². The van der Waals surface area contributed by atoms with E-state index >= 15 is 0 Å². The number of hydrogen-bond acceptors (Lipinski definition) is 5. The predicted molar refractivity (Wildman–Crippen MR) is 91.0 cm³/mol. The minimum Gasteiger partial charge on any atom is -0.374 e. The smallest absolute Gasteiger partial charge is 0.280 e. The summed E-state index contributed by atoms with van der Waals surface area (Å²) >= 11 is 8.76. The number of carbonyl (C=O) groups is 1. The zero-order valence-corrected chi connectivity index (χ0v) is 14.1. The van der Waals surface area contributed by atoms with Crippen LogP contribution in [0.2, 0.25) is 4.34 Å². The Morgan fingerprint density at radius 1 is 1.32 bits per heavy atom. The second kappa shape index (κ2) is 6.75. The number of carbonyl (C=O) groups excluding carboxylic acids is 1. The summed E-state index contributed by atoms with van der Waals surface area (Å²) < 4.78 is 7.12. The largest absolute Gasteiger partial charge is 0.374 e. The number of para-hydroxylation sites is 1. The summed E-state index contributed by atoms with van der Waals surface area (Å²) in [7, 11) is 1.61. The van der Waals surface area contributed by atoms with E-state index in [9.17, 15) is 4.79 Å². The summed E-state index contributed by atoms with van der Waals surface area (Å²) in [4.78, 5) is 17.6. The van der Waals surface area contributed by atoms with Gasteiger partial charge in [-0.05, 0) is 24.3 Å². The molecule has 1 aromatic carbocycles. The lowest BCUT2D eigenvalue weighted by Crippen LogP contribution is -2.28. The number of halogens is 1. The van der Waals surface area contributed by atoms with Crippen LogP contribution in [-0.4, -0.2) is 24.5 Å². The van der Waals surface area contributed by atoms with Crippen LogP contribution in [0.25, 0.3) is 10.2 Å². The fourth-order valence-electron chi connectivity index (χ4n) is 2.03. The van der Waals surface area contributed by atoms with Crippen molar-refractivity contribution in [3.63, 3.8) is 0 Å². The lowest BCUT2D eigenvalue weighted by atomic mass is 10.3. The van der Waals surface area contributed by atoms with Gasteiger partial charge in [-0.3, -0.25) is 4.79 Å². The molecular weight excluding hydrogens is 340 g/mol. The lowest BCUT2D eigenvalue weighted by molar-refractivity contribution is 0.0837. The molecule has 0 radical (unpaired) electrons. The Labute approximate surface area is 140 Å². The van der Waals surface area contributed by atoms with E-state index in [1.54, 1.807) is 7.11 Å². The summed E-state index contributed by atoms with van der Waals surface area (Å²) in [6.07, 6.45) is -0.212. The van der Waals surface area contributed by atoms with Gasteiger partial charge >= 0.3 is 0 Å². The Hall–Kier alpha value is -1.47. The number of rotatable bonds is 5. The zero-order chi connectivity index (χ0) is 15.5. The van der Waals surface area contributed by atoms with Crippen molar-refractivity contribution in [1.82, 2.24) is 10.3 Å². The summed E-state index contributed by atoms with van der Waals surface area (Å²) in [6.45, 7) is 0.377. The van der Waals surface area contributed by atoms with E-state index in [1.807, 2.05) is 36.4 Å². The molecule has 0 saturated heterocycles. The minimum atomic E-state index is -0.212. The molecule has 0 aliphatic heterocycles. The fourth-order valence-corrected chi connectivity index (χ4v) is 4.05. The molecule has 0 fully saturated rings. The van der Waals surface area contributed by atoms with Gasteiger partial charge in [0.05, 0.1) is 14.6 Å². The Morgan fingerprint density at radius 2 is 2.14 bits per heavy atom. The molecule has 1 N–H and O–H groups in total. The van der Waals surface area contributed by atoms with Crippen LogP contribution in [0.4, 0.5) is 0 Å². The van der Waals surface area contributed by atoms with Gasteiger partial charge in [-0.1, -0.05) is 23.7 Å². The number of methoxy groups -OCH3 is 1. The van der Waals surface area contributed by atoms with E-state index < -0.39 is 0 Å². The Kier molecular flexibility index (Phi) is 4.73. The fraction of sp³-hybridized carbons (Fsp3) is 0.200. The third-order valence-electron chi connectivity index (χ3n) is 3.13. The quantitative estimate of drug-likeness (QED) is 0.751. The molecule has 0 aliphatic rings. The molecule has 114 valence electrons. The molecule has 3 aromatic rings. The zero-order valence-electron chi connectivity index (χ0n) is 11.7. The molecule has 0 spiro atoms. The topological polar surface area (TPSA) is 51.2 Å². The predicted octanol–water partition coefficient (Wildman–Crippen LogP) is 4.13. The molecule has 3 rings (SSSR count). The average Bonchev–Trinajstić information content (AvgIpc) is 3.14. The first-order valence-corrected chi connectivity index (χ1v) is 8.60. The van der Waals surface area contributed by atoms with E-state index in [1.165, 1.54) is 22.7 Å². The van der Waals surface area contributed by atoms with Crippen LogP contribution in [0.15, 0.2) is 36.4 Å². The third-order valence-corrected chi connectivity index (χ3v) is 5.49. The first-order chi connectivity index (χ1) is 10.7. The highest BCUT2D eigenvalue weighted by atomic mass is 35.5. The minimum absolute atomic E-state index is 0.189. The van der Waals surface area contributed by atoms with Crippen molar-refractivity contribution in [3.8, 4) is 0 Å². The van der Waals surface area contributed by atoms with E-state index in [-0.39, 0.29) is 12.0 Å². The molecule has 0 saturated carbocycles. The van der Waals surface area contributed by atoms with Gasteiger partial charge in [-0.15, -0.1) is 22.7 Å². The monoisotopic (exact) mass is 352 g/mol. The number of nitrogens with one attached hydrogen (secondary N) is 1. The number of amides is 1. The molecule has 1 atom stereocenters. The maximum absolute atomic E-state index is 12.2. The molecule has 0 unspecified atom stereocenters. The molecule has 2 aromatic heterocycles. The number of ether oxygens (including phenoxy) is 1. The van der Waals surface area contributed by atoms with Crippen LogP contribution < -0.4 is 5.32 Å². The molecule has 4 nitrogen and oxygen atoms in total. The summed E-state index contributed by atoms with van der Waals surface area (Å²) in [5.41, 5.74) is 0.839. The summed E-state index contributed by atoms with van der Waals surface area (Å²) in [6, 6.07) is 11.4. The Balaban J connectivity index is 1.68. The van der Waals surface area contributed by atoms with E-state index in [2.05, 4.69) is 10.3 Å². The number of nitrogens with zero attached hydrogens (tertiary/aromatic N) is 1. The van der Waals surface area contributed by atoms with Crippen LogP contribution in [-0.2, 0) is 4.74 Å². The van der Waals surface area contributed by atoms with Gasteiger partial charge in [-0.25, -0.2) is 4.98 Å². The van der Waals surface area contributed by atoms with Crippen LogP contribution >= 0.6 is 34.3 Å². The third kappa shape index (κ3) is 3.30. The van der Waals surface area contributed by atoms with Crippen LogP contribution in [0.1, 0.15) is 20.8 Å². The molecular formula is C15H13ClN2O2S2. The second-order valence-electron chi connectivity index (χ2n) is 4.56. The number of hydrogen-bond donors (Lipinski definition) is 1. The standard InChI is InChI=1S/C15H13ClN2O2S2/c1-20-10(12-6-7-13(16)21-12)8-17-14(19)15-18-9-4-2-3-5-11(9)22-15/h2-7,10H,8H2,1H3,(H,17,19)/t10-/m0/s1. The highest BCUT2D eigenvalue weighted by molar-refractivity contribution is 7.20. The van der Waals surface area contributed by atoms with E-state index in [4.69, 9.17) is 16.3 Å². The summed E-state index contributed by atoms with van der Waals surface area (Å²) in [5, 5.41) is 3.32. The normalized spacial score (nSPS) is 12.5. The first-order valence-electron chi connectivity index (χ1n) is 6.59. The van der Waals surface area contributed by atoms with Crippen molar-refractivity contribution >= 4 is 50.4 Å². The number of thiazole rings is 1. The van der Waals surface area contributed by atoms with Crippen LogP contribution in [0, 0.1) is 0 Å². The van der Waals surface area contributed by atoms with E-state index in [0.29, 0.717) is 15.9 Å². The van der Waals surface area contributed by atoms with Gasteiger partial charge in [0.25, 0.3) is 5.91 Å². The molecule has 2 heterocycles. The average molecular weight is 353 g/mol. The number of aromatic nitrogens is 1. The highest BCUT2D eigenvalue weighted by Crippen LogP contribution is 2.28. The van der Waals surface area contributed by atoms with Crippen molar-refractivity contribution in [2.75, 3.05) is 13.7 Å². The molecule has 22 heavy (non-hydrogen) atoms. The number of benzene rings is 1. The van der Waals surface area contributed by atoms with Gasteiger partial charge in [0.1, 0.15) is 6.10 Å². The lowest BCUT2D eigenvalue weighted by Gasteiger charge is -2.13.